The Morgan fingerprint density at radius 2 is 2.14 bits per heavy atom. The lowest BCUT2D eigenvalue weighted by Gasteiger charge is -2.38. The summed E-state index contributed by atoms with van der Waals surface area (Å²) in [5.41, 5.74) is 0. The molecule has 2 fully saturated rings. The van der Waals surface area contributed by atoms with Crippen LogP contribution in [-0.2, 0) is 4.79 Å². The fourth-order valence-electron chi connectivity index (χ4n) is 1.90. The largest absolute Gasteiger partial charge is 0.342 e. The zero-order chi connectivity index (χ0) is 10.2. The van der Waals surface area contributed by atoms with E-state index < -0.39 is 11.8 Å². The lowest BCUT2D eigenvalue weighted by atomic mass is 9.91. The highest BCUT2D eigenvalue weighted by molar-refractivity contribution is 5.80. The number of nitrogens with zero attached hydrogens (tertiary/aromatic N) is 1. The van der Waals surface area contributed by atoms with Crippen molar-refractivity contribution in [2.24, 2.45) is 5.92 Å². The van der Waals surface area contributed by atoms with E-state index in [1.165, 1.54) is 4.90 Å². The molecule has 0 aromatic heterocycles. The third-order valence-electron chi connectivity index (χ3n) is 2.95. The van der Waals surface area contributed by atoms with E-state index in [9.17, 15) is 13.6 Å². The monoisotopic (exact) mass is 204 g/mol. The number of halogens is 2. The van der Waals surface area contributed by atoms with Gasteiger partial charge in [-0.2, -0.15) is 0 Å². The van der Waals surface area contributed by atoms with E-state index in [1.54, 1.807) is 0 Å². The third-order valence-corrected chi connectivity index (χ3v) is 2.95. The summed E-state index contributed by atoms with van der Waals surface area (Å²) in [5.74, 6) is -4.32. The number of nitrogens with one attached hydrogen (secondary N) is 1. The molecule has 2 aliphatic rings. The average Bonchev–Trinajstić information content (AvgIpc) is 1.99. The van der Waals surface area contributed by atoms with Crippen molar-refractivity contribution in [1.29, 1.82) is 0 Å². The zero-order valence-corrected chi connectivity index (χ0v) is 7.93. The first kappa shape index (κ1) is 9.83. The van der Waals surface area contributed by atoms with Gasteiger partial charge in [0.15, 0.2) is 0 Å². The van der Waals surface area contributed by atoms with E-state index in [4.69, 9.17) is 0 Å². The van der Waals surface area contributed by atoms with E-state index in [2.05, 4.69) is 5.32 Å². The highest BCUT2D eigenvalue weighted by Gasteiger charge is 2.47. The zero-order valence-electron chi connectivity index (χ0n) is 7.93. The van der Waals surface area contributed by atoms with Crippen molar-refractivity contribution in [1.82, 2.24) is 10.2 Å². The van der Waals surface area contributed by atoms with Gasteiger partial charge in [-0.3, -0.25) is 4.79 Å². The number of hydrogen-bond donors (Lipinski definition) is 1. The van der Waals surface area contributed by atoms with Crippen molar-refractivity contribution >= 4 is 5.91 Å². The van der Waals surface area contributed by atoms with Gasteiger partial charge in [-0.05, 0) is 19.4 Å². The Morgan fingerprint density at radius 3 is 2.64 bits per heavy atom. The number of carbonyl (C=O) groups excluding carboxylic acids is 1. The Balaban J connectivity index is 2.03. The van der Waals surface area contributed by atoms with Crippen LogP contribution in [0.2, 0.25) is 0 Å². The molecule has 2 saturated heterocycles. The van der Waals surface area contributed by atoms with Crippen LogP contribution in [0.1, 0.15) is 12.8 Å². The molecule has 1 atom stereocenters. The minimum Gasteiger partial charge on any atom is -0.342 e. The van der Waals surface area contributed by atoms with Gasteiger partial charge in [-0.15, -0.1) is 0 Å². The average molecular weight is 204 g/mol. The maximum absolute atomic E-state index is 13.3. The van der Waals surface area contributed by atoms with Crippen LogP contribution >= 0.6 is 0 Å². The van der Waals surface area contributed by atoms with Crippen molar-refractivity contribution in [2.75, 3.05) is 26.2 Å². The number of alkyl halides is 2. The van der Waals surface area contributed by atoms with Crippen molar-refractivity contribution in [3.05, 3.63) is 0 Å². The highest BCUT2D eigenvalue weighted by Crippen LogP contribution is 2.31. The normalized spacial score (nSPS) is 31.0. The molecule has 80 valence electrons. The molecule has 0 aliphatic carbocycles. The second kappa shape index (κ2) is 3.46. The standard InChI is InChI=1S/C9H14F2N2O/c10-9(11)6-12-3-2-7(9)8(14)13-4-1-5-13/h7,12H,1-6H2. The van der Waals surface area contributed by atoms with Crippen LogP contribution in [0.3, 0.4) is 0 Å². The molecule has 0 aromatic rings. The fourth-order valence-corrected chi connectivity index (χ4v) is 1.90. The molecule has 14 heavy (non-hydrogen) atoms. The highest BCUT2D eigenvalue weighted by atomic mass is 19.3. The fraction of sp³-hybridized carbons (Fsp3) is 0.889. The summed E-state index contributed by atoms with van der Waals surface area (Å²) in [6, 6.07) is 0. The molecule has 1 amide bonds. The lowest BCUT2D eigenvalue weighted by molar-refractivity contribution is -0.156. The summed E-state index contributed by atoms with van der Waals surface area (Å²) in [7, 11) is 0. The van der Waals surface area contributed by atoms with E-state index in [0.29, 0.717) is 19.6 Å². The van der Waals surface area contributed by atoms with Crippen molar-refractivity contribution < 1.29 is 13.6 Å². The van der Waals surface area contributed by atoms with Crippen LogP contribution in [-0.4, -0.2) is 42.9 Å². The second-order valence-electron chi connectivity index (χ2n) is 3.96. The number of rotatable bonds is 1. The van der Waals surface area contributed by atoms with Crippen LogP contribution in [0, 0.1) is 5.92 Å². The molecule has 2 heterocycles. The Morgan fingerprint density at radius 1 is 1.43 bits per heavy atom. The predicted molar refractivity (Wildman–Crippen MR) is 47.1 cm³/mol. The maximum Gasteiger partial charge on any atom is 0.271 e. The predicted octanol–water partition coefficient (Wildman–Crippen LogP) is 0.464. The summed E-state index contributed by atoms with van der Waals surface area (Å²) in [6.45, 7) is 1.45. The topological polar surface area (TPSA) is 32.3 Å². The lowest BCUT2D eigenvalue weighted by Crippen LogP contribution is -2.55. The van der Waals surface area contributed by atoms with Gasteiger partial charge < -0.3 is 10.2 Å². The van der Waals surface area contributed by atoms with Gasteiger partial charge in [0.25, 0.3) is 5.92 Å². The van der Waals surface area contributed by atoms with Crippen molar-refractivity contribution in [3.8, 4) is 0 Å². The minimum absolute atomic E-state index is 0.252. The number of piperidine rings is 1. The molecule has 1 N–H and O–H groups in total. The van der Waals surface area contributed by atoms with E-state index in [1.807, 2.05) is 0 Å². The molecule has 0 radical (unpaired) electrons. The second-order valence-corrected chi connectivity index (χ2v) is 3.96. The van der Waals surface area contributed by atoms with Gasteiger partial charge in [-0.25, -0.2) is 8.78 Å². The Labute approximate surface area is 81.4 Å². The Bertz CT molecular complexity index is 241. The molecule has 3 nitrogen and oxygen atoms in total. The van der Waals surface area contributed by atoms with Gasteiger partial charge in [0.2, 0.25) is 5.91 Å². The van der Waals surface area contributed by atoms with Crippen LogP contribution in [0.15, 0.2) is 0 Å². The first-order valence-electron chi connectivity index (χ1n) is 4.98. The van der Waals surface area contributed by atoms with Gasteiger partial charge in [0.05, 0.1) is 6.54 Å². The smallest absolute Gasteiger partial charge is 0.271 e. The van der Waals surface area contributed by atoms with E-state index in [-0.39, 0.29) is 18.9 Å². The summed E-state index contributed by atoms with van der Waals surface area (Å²) >= 11 is 0. The minimum atomic E-state index is -2.87. The molecular weight excluding hydrogens is 190 g/mol. The number of likely N-dealkylation sites (tertiary alicyclic amines) is 1. The van der Waals surface area contributed by atoms with Gasteiger partial charge in [0, 0.05) is 13.1 Å². The van der Waals surface area contributed by atoms with Gasteiger partial charge in [0.1, 0.15) is 5.92 Å². The molecule has 5 heteroatoms. The first-order chi connectivity index (χ1) is 6.61. The van der Waals surface area contributed by atoms with Crippen molar-refractivity contribution in [3.63, 3.8) is 0 Å². The molecule has 1 unspecified atom stereocenters. The number of hydrogen-bond acceptors (Lipinski definition) is 2. The Hall–Kier alpha value is -0.710. The van der Waals surface area contributed by atoms with Crippen LogP contribution < -0.4 is 5.32 Å². The summed E-state index contributed by atoms with van der Waals surface area (Å²) < 4.78 is 26.7. The number of carbonyl (C=O) groups is 1. The SMILES string of the molecule is O=C(C1CCNCC1(F)F)N1CCC1. The van der Waals surface area contributed by atoms with Gasteiger partial charge >= 0.3 is 0 Å². The Kier molecular flexibility index (Phi) is 2.43. The quantitative estimate of drug-likeness (QED) is 0.673. The van der Waals surface area contributed by atoms with Crippen LogP contribution in [0.4, 0.5) is 8.78 Å². The molecular formula is C9H14F2N2O. The maximum atomic E-state index is 13.3. The van der Waals surface area contributed by atoms with Crippen LogP contribution in [0.25, 0.3) is 0 Å². The molecule has 2 aliphatic heterocycles. The summed E-state index contributed by atoms with van der Waals surface area (Å²) in [6.07, 6.45) is 1.20. The molecule has 0 saturated carbocycles. The van der Waals surface area contributed by atoms with Gasteiger partial charge in [-0.1, -0.05) is 0 Å². The van der Waals surface area contributed by atoms with Crippen molar-refractivity contribution in [2.45, 2.75) is 18.8 Å². The molecule has 0 spiro atoms. The summed E-state index contributed by atoms with van der Waals surface area (Å²) in [5, 5.41) is 2.61. The van der Waals surface area contributed by atoms with E-state index >= 15 is 0 Å². The van der Waals surface area contributed by atoms with E-state index in [0.717, 1.165) is 6.42 Å². The third kappa shape index (κ3) is 1.61. The molecule has 0 aromatic carbocycles. The number of amides is 1. The molecule has 0 bridgehead atoms. The first-order valence-corrected chi connectivity index (χ1v) is 4.98. The summed E-state index contributed by atoms with van der Waals surface area (Å²) in [4.78, 5) is 13.1. The van der Waals surface area contributed by atoms with Crippen LogP contribution in [0.5, 0.6) is 0 Å². The molecule has 2 rings (SSSR count).